The second-order valence-corrected chi connectivity index (χ2v) is 3.62. The van der Waals surface area contributed by atoms with Crippen LogP contribution in [0.2, 0.25) is 0 Å². The van der Waals surface area contributed by atoms with Crippen molar-refractivity contribution in [3.8, 4) is 5.75 Å². The molecule has 0 spiro atoms. The number of amides is 1. The Bertz CT molecular complexity index is 399. The molecule has 1 atom stereocenters. The van der Waals surface area contributed by atoms with Gasteiger partial charge in [0.25, 0.3) is 0 Å². The summed E-state index contributed by atoms with van der Waals surface area (Å²) in [5.41, 5.74) is 0.648. The number of aliphatic hydroxyl groups excluding tert-OH is 1. The van der Waals surface area contributed by atoms with Crippen molar-refractivity contribution in [1.29, 1.82) is 0 Å². The van der Waals surface area contributed by atoms with Crippen LogP contribution in [0.25, 0.3) is 0 Å². The van der Waals surface area contributed by atoms with E-state index in [0.29, 0.717) is 11.3 Å². The van der Waals surface area contributed by atoms with Crippen LogP contribution in [0.3, 0.4) is 0 Å². The first kappa shape index (κ1) is 13.2. The standard InChI is InChI=1S/C12H15NO4/c1-8(14)13-7-12(16)10-3-5-11(6-4-10)17-9(2)15/h3-6,12,16H,7H2,1-2H3,(H,13,14). The molecule has 5 heteroatoms. The maximum atomic E-state index is 10.7. The van der Waals surface area contributed by atoms with E-state index in [0.717, 1.165) is 0 Å². The fourth-order valence-corrected chi connectivity index (χ4v) is 1.28. The maximum absolute atomic E-state index is 10.7. The highest BCUT2D eigenvalue weighted by Crippen LogP contribution is 2.17. The van der Waals surface area contributed by atoms with E-state index in [-0.39, 0.29) is 12.5 Å². The lowest BCUT2D eigenvalue weighted by Crippen LogP contribution is -2.25. The van der Waals surface area contributed by atoms with Crippen LogP contribution in [0, 0.1) is 0 Å². The van der Waals surface area contributed by atoms with Gasteiger partial charge in [0.2, 0.25) is 5.91 Å². The molecule has 1 unspecified atom stereocenters. The first-order valence-electron chi connectivity index (χ1n) is 5.20. The first-order valence-corrected chi connectivity index (χ1v) is 5.20. The molecule has 1 aromatic carbocycles. The summed E-state index contributed by atoms with van der Waals surface area (Å²) in [4.78, 5) is 21.4. The molecule has 0 heterocycles. The van der Waals surface area contributed by atoms with Gasteiger partial charge in [0.05, 0.1) is 6.10 Å². The molecule has 0 saturated heterocycles. The lowest BCUT2D eigenvalue weighted by atomic mass is 10.1. The van der Waals surface area contributed by atoms with E-state index < -0.39 is 12.1 Å². The van der Waals surface area contributed by atoms with E-state index in [4.69, 9.17) is 4.74 Å². The topological polar surface area (TPSA) is 75.6 Å². The average Bonchev–Trinajstić information content (AvgIpc) is 2.26. The third-order valence-corrected chi connectivity index (χ3v) is 2.07. The normalized spacial score (nSPS) is 11.7. The van der Waals surface area contributed by atoms with E-state index in [1.807, 2.05) is 0 Å². The van der Waals surface area contributed by atoms with E-state index in [1.165, 1.54) is 13.8 Å². The number of aliphatic hydroxyl groups is 1. The molecule has 0 aliphatic heterocycles. The Morgan fingerprint density at radius 2 is 1.88 bits per heavy atom. The van der Waals surface area contributed by atoms with Crippen LogP contribution in [-0.4, -0.2) is 23.5 Å². The number of ether oxygens (including phenoxy) is 1. The van der Waals surface area contributed by atoms with Crippen LogP contribution in [0.5, 0.6) is 5.75 Å². The Labute approximate surface area is 99.4 Å². The molecule has 92 valence electrons. The zero-order valence-corrected chi connectivity index (χ0v) is 9.77. The zero-order chi connectivity index (χ0) is 12.8. The number of hydrogen-bond acceptors (Lipinski definition) is 4. The minimum atomic E-state index is -0.773. The number of carbonyl (C=O) groups is 2. The van der Waals surface area contributed by atoms with Gasteiger partial charge >= 0.3 is 5.97 Å². The van der Waals surface area contributed by atoms with Gasteiger partial charge in [-0.1, -0.05) is 12.1 Å². The molecule has 1 aromatic rings. The second-order valence-electron chi connectivity index (χ2n) is 3.62. The summed E-state index contributed by atoms with van der Waals surface area (Å²) in [7, 11) is 0. The third-order valence-electron chi connectivity index (χ3n) is 2.07. The molecule has 0 saturated carbocycles. The van der Waals surface area contributed by atoms with Crippen LogP contribution in [0.15, 0.2) is 24.3 Å². The summed E-state index contributed by atoms with van der Waals surface area (Å²) in [5.74, 6) is -0.162. The summed E-state index contributed by atoms with van der Waals surface area (Å²) < 4.78 is 4.86. The van der Waals surface area contributed by atoms with Crippen molar-refractivity contribution in [2.24, 2.45) is 0 Å². The molecule has 1 amide bonds. The van der Waals surface area contributed by atoms with Crippen molar-refractivity contribution < 1.29 is 19.4 Å². The van der Waals surface area contributed by atoms with Gasteiger partial charge in [-0.25, -0.2) is 0 Å². The minimum absolute atomic E-state index is 0.155. The first-order chi connectivity index (χ1) is 7.99. The molecular weight excluding hydrogens is 222 g/mol. The molecule has 17 heavy (non-hydrogen) atoms. The molecule has 0 aliphatic carbocycles. The number of rotatable bonds is 4. The number of carbonyl (C=O) groups excluding carboxylic acids is 2. The molecule has 1 rings (SSSR count). The number of hydrogen-bond donors (Lipinski definition) is 2. The van der Waals surface area contributed by atoms with Gasteiger partial charge in [0.1, 0.15) is 5.75 Å². The Morgan fingerprint density at radius 3 is 2.35 bits per heavy atom. The summed E-state index contributed by atoms with van der Waals surface area (Å²) in [5, 5.41) is 12.2. The molecule has 2 N–H and O–H groups in total. The molecule has 0 bridgehead atoms. The summed E-state index contributed by atoms with van der Waals surface area (Å²) >= 11 is 0. The molecule has 5 nitrogen and oxygen atoms in total. The van der Waals surface area contributed by atoms with Crippen molar-refractivity contribution in [2.75, 3.05) is 6.54 Å². The van der Waals surface area contributed by atoms with Gasteiger partial charge in [-0.3, -0.25) is 9.59 Å². The quantitative estimate of drug-likeness (QED) is 0.599. The van der Waals surface area contributed by atoms with Crippen molar-refractivity contribution in [2.45, 2.75) is 20.0 Å². The molecule has 0 aliphatic rings. The Balaban J connectivity index is 2.60. The zero-order valence-electron chi connectivity index (χ0n) is 9.77. The number of esters is 1. The summed E-state index contributed by atoms with van der Waals surface area (Å²) in [6, 6.07) is 6.47. The van der Waals surface area contributed by atoms with Gasteiger partial charge in [0.15, 0.2) is 0 Å². The lowest BCUT2D eigenvalue weighted by Gasteiger charge is -2.11. The van der Waals surface area contributed by atoms with E-state index >= 15 is 0 Å². The van der Waals surface area contributed by atoms with Crippen LogP contribution >= 0.6 is 0 Å². The lowest BCUT2D eigenvalue weighted by molar-refractivity contribution is -0.131. The van der Waals surface area contributed by atoms with Crippen molar-refractivity contribution >= 4 is 11.9 Å². The summed E-state index contributed by atoms with van der Waals surface area (Å²) in [6.07, 6.45) is -0.773. The monoisotopic (exact) mass is 237 g/mol. The summed E-state index contributed by atoms with van der Waals surface area (Å²) in [6.45, 7) is 2.86. The molecule has 0 radical (unpaired) electrons. The van der Waals surface area contributed by atoms with Crippen LogP contribution in [-0.2, 0) is 9.59 Å². The molecule has 0 fully saturated rings. The Hall–Kier alpha value is -1.88. The minimum Gasteiger partial charge on any atom is -0.427 e. The largest absolute Gasteiger partial charge is 0.427 e. The number of benzene rings is 1. The van der Waals surface area contributed by atoms with Crippen molar-refractivity contribution in [1.82, 2.24) is 5.32 Å². The van der Waals surface area contributed by atoms with Crippen LogP contribution < -0.4 is 10.1 Å². The van der Waals surface area contributed by atoms with Crippen molar-refractivity contribution in [3.63, 3.8) is 0 Å². The SMILES string of the molecule is CC(=O)NCC(O)c1ccc(OC(C)=O)cc1. The average molecular weight is 237 g/mol. The fraction of sp³-hybridized carbons (Fsp3) is 0.333. The Morgan fingerprint density at radius 1 is 1.29 bits per heavy atom. The van der Waals surface area contributed by atoms with E-state index in [1.54, 1.807) is 24.3 Å². The second kappa shape index (κ2) is 6.00. The van der Waals surface area contributed by atoms with Gasteiger partial charge in [0, 0.05) is 20.4 Å². The van der Waals surface area contributed by atoms with Crippen LogP contribution in [0.4, 0.5) is 0 Å². The predicted molar refractivity (Wildman–Crippen MR) is 61.4 cm³/mol. The smallest absolute Gasteiger partial charge is 0.308 e. The van der Waals surface area contributed by atoms with Gasteiger partial charge in [-0.2, -0.15) is 0 Å². The van der Waals surface area contributed by atoms with Gasteiger partial charge in [-0.05, 0) is 17.7 Å². The van der Waals surface area contributed by atoms with E-state index in [2.05, 4.69) is 5.32 Å². The third kappa shape index (κ3) is 4.65. The van der Waals surface area contributed by atoms with Crippen LogP contribution in [0.1, 0.15) is 25.5 Å². The predicted octanol–water partition coefficient (Wildman–Crippen LogP) is 0.781. The fourth-order valence-electron chi connectivity index (χ4n) is 1.28. The van der Waals surface area contributed by atoms with Crippen molar-refractivity contribution in [3.05, 3.63) is 29.8 Å². The maximum Gasteiger partial charge on any atom is 0.308 e. The highest BCUT2D eigenvalue weighted by atomic mass is 16.5. The molecular formula is C12H15NO4. The van der Waals surface area contributed by atoms with Gasteiger partial charge < -0.3 is 15.2 Å². The van der Waals surface area contributed by atoms with E-state index in [9.17, 15) is 14.7 Å². The number of nitrogens with one attached hydrogen (secondary N) is 1. The van der Waals surface area contributed by atoms with Gasteiger partial charge in [-0.15, -0.1) is 0 Å². The highest BCUT2D eigenvalue weighted by molar-refractivity contribution is 5.72. The molecule has 0 aromatic heterocycles. The highest BCUT2D eigenvalue weighted by Gasteiger charge is 2.08. The Kier molecular flexibility index (Phi) is 4.66.